The first kappa shape index (κ1) is 14.7. The molecule has 2 N–H and O–H groups in total. The van der Waals surface area contributed by atoms with Crippen molar-refractivity contribution in [2.45, 2.75) is 18.0 Å². The minimum atomic E-state index is -3.55. The monoisotopic (exact) mass is 298 g/mol. The third-order valence-corrected chi connectivity index (χ3v) is 4.60. The summed E-state index contributed by atoms with van der Waals surface area (Å²) < 4.78 is 29.2. The van der Waals surface area contributed by atoms with Gasteiger partial charge in [-0.3, -0.25) is 9.36 Å². The van der Waals surface area contributed by atoms with Gasteiger partial charge in [0, 0.05) is 45.1 Å². The second-order valence-electron chi connectivity index (χ2n) is 4.51. The molecule has 2 aromatic heterocycles. The van der Waals surface area contributed by atoms with Crippen molar-refractivity contribution in [2.75, 3.05) is 13.6 Å². The maximum atomic E-state index is 12.4. The van der Waals surface area contributed by atoms with Gasteiger partial charge in [0.25, 0.3) is 0 Å². The summed E-state index contributed by atoms with van der Waals surface area (Å²) in [6, 6.07) is 0. The number of nitrogens with two attached hydrogens (primary N) is 1. The van der Waals surface area contributed by atoms with Crippen LogP contribution in [0.5, 0.6) is 0 Å². The van der Waals surface area contributed by atoms with E-state index in [1.165, 1.54) is 28.4 Å². The van der Waals surface area contributed by atoms with Crippen LogP contribution in [-0.2, 0) is 30.2 Å². The van der Waals surface area contributed by atoms with Crippen molar-refractivity contribution in [2.24, 2.45) is 12.8 Å². The summed E-state index contributed by atoms with van der Waals surface area (Å²) in [6.45, 7) is 1.16. The van der Waals surface area contributed by atoms with Gasteiger partial charge in [-0.15, -0.1) is 0 Å². The zero-order valence-corrected chi connectivity index (χ0v) is 12.3. The number of aromatic nitrogens is 4. The number of sulfonamides is 1. The van der Waals surface area contributed by atoms with Crippen molar-refractivity contribution in [3.63, 3.8) is 0 Å². The molecular formula is C11H18N6O2S. The van der Waals surface area contributed by atoms with Gasteiger partial charge in [-0.1, -0.05) is 0 Å². The maximum absolute atomic E-state index is 12.4. The van der Waals surface area contributed by atoms with Crippen LogP contribution in [0.3, 0.4) is 0 Å². The summed E-state index contributed by atoms with van der Waals surface area (Å²) in [5.41, 5.74) is 6.24. The Morgan fingerprint density at radius 1 is 1.30 bits per heavy atom. The standard InChI is InChI=1S/C11H18N6O2S/c1-15-7-10(5-13-15)8-16(2)20(18,19)11-6-14-17(9-11)4-3-12/h5-7,9H,3-4,8,12H2,1-2H3. The molecule has 0 saturated heterocycles. The molecule has 20 heavy (non-hydrogen) atoms. The second-order valence-corrected chi connectivity index (χ2v) is 6.56. The Labute approximate surface area is 117 Å². The van der Waals surface area contributed by atoms with Crippen molar-refractivity contribution in [1.82, 2.24) is 23.9 Å². The van der Waals surface area contributed by atoms with E-state index >= 15 is 0 Å². The van der Waals surface area contributed by atoms with Crippen molar-refractivity contribution in [3.05, 3.63) is 30.4 Å². The summed E-state index contributed by atoms with van der Waals surface area (Å²) in [5, 5.41) is 8.00. The van der Waals surface area contributed by atoms with Crippen LogP contribution in [-0.4, -0.2) is 45.9 Å². The predicted molar refractivity (Wildman–Crippen MR) is 73.1 cm³/mol. The van der Waals surface area contributed by atoms with E-state index in [4.69, 9.17) is 5.73 Å². The molecule has 0 atom stereocenters. The minimum Gasteiger partial charge on any atom is -0.329 e. The van der Waals surface area contributed by atoms with E-state index < -0.39 is 10.0 Å². The molecule has 0 aromatic carbocycles. The molecule has 2 heterocycles. The molecule has 0 bridgehead atoms. The molecule has 0 spiro atoms. The van der Waals surface area contributed by atoms with E-state index in [0.29, 0.717) is 13.1 Å². The number of rotatable bonds is 6. The number of aryl methyl sites for hydroxylation is 1. The average molecular weight is 298 g/mol. The molecule has 0 radical (unpaired) electrons. The van der Waals surface area contributed by atoms with E-state index in [2.05, 4.69) is 10.2 Å². The molecule has 2 rings (SSSR count). The van der Waals surface area contributed by atoms with Crippen molar-refractivity contribution < 1.29 is 8.42 Å². The van der Waals surface area contributed by atoms with Gasteiger partial charge < -0.3 is 5.73 Å². The lowest BCUT2D eigenvalue weighted by Crippen LogP contribution is -2.26. The zero-order chi connectivity index (χ0) is 14.8. The van der Waals surface area contributed by atoms with Gasteiger partial charge in [0.1, 0.15) is 4.90 Å². The van der Waals surface area contributed by atoms with Crippen LogP contribution in [0, 0.1) is 0 Å². The molecule has 9 heteroatoms. The molecule has 0 amide bonds. The van der Waals surface area contributed by atoms with Gasteiger partial charge in [-0.2, -0.15) is 14.5 Å². The van der Waals surface area contributed by atoms with Gasteiger partial charge in [0.2, 0.25) is 10.0 Å². The third-order valence-electron chi connectivity index (χ3n) is 2.84. The van der Waals surface area contributed by atoms with Crippen LogP contribution in [0.1, 0.15) is 5.56 Å². The van der Waals surface area contributed by atoms with Gasteiger partial charge in [-0.25, -0.2) is 8.42 Å². The Bertz CT molecular complexity index is 675. The average Bonchev–Trinajstić information content (AvgIpc) is 2.99. The zero-order valence-electron chi connectivity index (χ0n) is 11.5. The first-order valence-electron chi connectivity index (χ1n) is 6.10. The van der Waals surface area contributed by atoms with Crippen LogP contribution in [0.15, 0.2) is 29.7 Å². The van der Waals surface area contributed by atoms with E-state index in [1.54, 1.807) is 24.1 Å². The highest BCUT2D eigenvalue weighted by molar-refractivity contribution is 7.89. The summed E-state index contributed by atoms with van der Waals surface area (Å²) in [6.07, 6.45) is 6.25. The third kappa shape index (κ3) is 3.06. The molecule has 0 unspecified atom stereocenters. The largest absolute Gasteiger partial charge is 0.329 e. The summed E-state index contributed by atoms with van der Waals surface area (Å²) in [7, 11) is -0.236. The Kier molecular flexibility index (Phi) is 4.21. The van der Waals surface area contributed by atoms with Crippen LogP contribution >= 0.6 is 0 Å². The highest BCUT2D eigenvalue weighted by Gasteiger charge is 2.23. The van der Waals surface area contributed by atoms with Gasteiger partial charge in [0.05, 0.1) is 18.9 Å². The first-order valence-corrected chi connectivity index (χ1v) is 7.54. The lowest BCUT2D eigenvalue weighted by atomic mass is 10.4. The first-order chi connectivity index (χ1) is 9.43. The summed E-state index contributed by atoms with van der Waals surface area (Å²) in [4.78, 5) is 0.164. The minimum absolute atomic E-state index is 0.164. The number of nitrogens with zero attached hydrogens (tertiary/aromatic N) is 5. The lowest BCUT2D eigenvalue weighted by Gasteiger charge is -2.14. The molecule has 0 aliphatic heterocycles. The fourth-order valence-electron chi connectivity index (χ4n) is 1.81. The Hall–Kier alpha value is -1.71. The Balaban J connectivity index is 2.15. The quantitative estimate of drug-likeness (QED) is 0.767. The fraction of sp³-hybridized carbons (Fsp3) is 0.455. The highest BCUT2D eigenvalue weighted by Crippen LogP contribution is 2.15. The van der Waals surface area contributed by atoms with Crippen LogP contribution < -0.4 is 5.73 Å². The molecule has 8 nitrogen and oxygen atoms in total. The highest BCUT2D eigenvalue weighted by atomic mass is 32.2. The predicted octanol–water partition coefficient (Wildman–Crippen LogP) is -0.604. The van der Waals surface area contributed by atoms with E-state index in [9.17, 15) is 8.42 Å². The van der Waals surface area contributed by atoms with Gasteiger partial charge in [-0.05, 0) is 0 Å². The van der Waals surface area contributed by atoms with Crippen molar-refractivity contribution in [1.29, 1.82) is 0 Å². The molecule has 0 fully saturated rings. The van der Waals surface area contributed by atoms with Crippen LogP contribution in [0.25, 0.3) is 0 Å². The normalized spacial score (nSPS) is 12.2. The van der Waals surface area contributed by atoms with E-state index in [-0.39, 0.29) is 11.4 Å². The van der Waals surface area contributed by atoms with Crippen LogP contribution in [0.2, 0.25) is 0 Å². The Morgan fingerprint density at radius 3 is 2.65 bits per heavy atom. The van der Waals surface area contributed by atoms with Crippen LogP contribution in [0.4, 0.5) is 0 Å². The summed E-state index contributed by atoms with van der Waals surface area (Å²) in [5.74, 6) is 0. The Morgan fingerprint density at radius 2 is 2.05 bits per heavy atom. The van der Waals surface area contributed by atoms with Crippen molar-refractivity contribution in [3.8, 4) is 0 Å². The SMILES string of the molecule is CN(Cc1cnn(C)c1)S(=O)(=O)c1cnn(CCN)c1. The number of hydrogen-bond acceptors (Lipinski definition) is 5. The maximum Gasteiger partial charge on any atom is 0.246 e. The molecule has 2 aromatic rings. The number of hydrogen-bond donors (Lipinski definition) is 1. The summed E-state index contributed by atoms with van der Waals surface area (Å²) >= 11 is 0. The molecular weight excluding hydrogens is 280 g/mol. The molecule has 110 valence electrons. The molecule has 0 aliphatic rings. The topological polar surface area (TPSA) is 99.0 Å². The smallest absolute Gasteiger partial charge is 0.246 e. The molecule has 0 saturated carbocycles. The van der Waals surface area contributed by atoms with Gasteiger partial charge >= 0.3 is 0 Å². The van der Waals surface area contributed by atoms with Gasteiger partial charge in [0.15, 0.2) is 0 Å². The van der Waals surface area contributed by atoms with Crippen molar-refractivity contribution >= 4 is 10.0 Å². The molecule has 0 aliphatic carbocycles. The van der Waals surface area contributed by atoms with E-state index in [0.717, 1.165) is 5.56 Å². The van der Waals surface area contributed by atoms with E-state index in [1.807, 2.05) is 0 Å². The fourth-order valence-corrected chi connectivity index (χ4v) is 2.92. The second kappa shape index (κ2) is 5.73. The lowest BCUT2D eigenvalue weighted by molar-refractivity contribution is 0.466.